The first kappa shape index (κ1) is 7.46. The van der Waals surface area contributed by atoms with E-state index in [0.717, 1.165) is 0 Å². The molecular weight excluding hydrogens is 195 g/mol. The van der Waals surface area contributed by atoms with Crippen LogP contribution in [0.25, 0.3) is 0 Å². The Morgan fingerprint density at radius 2 is 2.11 bits per heavy atom. The van der Waals surface area contributed by atoms with Gasteiger partial charge >= 0.3 is 66.2 Å². The number of hydrogen-bond donors (Lipinski definition) is 0. The summed E-state index contributed by atoms with van der Waals surface area (Å²) in [6.45, 7) is 4.45. The van der Waals surface area contributed by atoms with Crippen molar-refractivity contribution in [1.29, 1.82) is 0 Å². The molecule has 0 amide bonds. The molecule has 0 saturated heterocycles. The first-order valence-corrected chi connectivity index (χ1v) is 5.79. The molecule has 0 aliphatic carbocycles. The van der Waals surface area contributed by atoms with Gasteiger partial charge < -0.3 is 0 Å². The molecule has 0 radical (unpaired) electrons. The average molecular weight is 205 g/mol. The standard InChI is InChI=1S/C7H10SSe/c1-5-4-7(8-3)6(2)9-5/h4H,1-3H3. The van der Waals surface area contributed by atoms with Crippen LogP contribution in [0.3, 0.4) is 0 Å². The van der Waals surface area contributed by atoms with Crippen LogP contribution >= 0.6 is 11.8 Å². The van der Waals surface area contributed by atoms with Crippen molar-refractivity contribution in [3.05, 3.63) is 14.9 Å². The van der Waals surface area contributed by atoms with E-state index in [2.05, 4.69) is 26.2 Å². The van der Waals surface area contributed by atoms with Crippen LogP contribution in [0.5, 0.6) is 0 Å². The Morgan fingerprint density at radius 3 is 2.33 bits per heavy atom. The molecule has 1 heterocycles. The topological polar surface area (TPSA) is 0 Å². The molecule has 9 heavy (non-hydrogen) atoms. The van der Waals surface area contributed by atoms with Gasteiger partial charge in [-0.05, 0) is 0 Å². The van der Waals surface area contributed by atoms with Crippen molar-refractivity contribution in [3.8, 4) is 0 Å². The van der Waals surface area contributed by atoms with Gasteiger partial charge in [0.15, 0.2) is 0 Å². The molecule has 1 aromatic rings. The number of hydrogen-bond acceptors (Lipinski definition) is 1. The summed E-state index contributed by atoms with van der Waals surface area (Å²) in [5.41, 5.74) is 0. The number of aryl methyl sites for hydroxylation is 2. The molecule has 0 atom stereocenters. The summed E-state index contributed by atoms with van der Waals surface area (Å²) < 4.78 is 3.15. The van der Waals surface area contributed by atoms with Crippen LogP contribution in [-0.2, 0) is 0 Å². The van der Waals surface area contributed by atoms with E-state index in [9.17, 15) is 0 Å². The van der Waals surface area contributed by atoms with Crippen molar-refractivity contribution in [2.75, 3.05) is 6.26 Å². The molecular formula is C7H10SSe. The normalized spacial score (nSPS) is 10.1. The van der Waals surface area contributed by atoms with Gasteiger partial charge in [-0.15, -0.1) is 0 Å². The zero-order valence-electron chi connectivity index (χ0n) is 5.89. The third-order valence-corrected chi connectivity index (χ3v) is 4.40. The molecule has 1 aromatic heterocycles. The molecule has 50 valence electrons. The summed E-state index contributed by atoms with van der Waals surface area (Å²) >= 11 is 2.54. The van der Waals surface area contributed by atoms with Gasteiger partial charge in [0.2, 0.25) is 0 Å². The fraction of sp³-hybridized carbons (Fsp3) is 0.429. The summed E-state index contributed by atoms with van der Waals surface area (Å²) in [5, 5.41) is 0. The SMILES string of the molecule is CSc1cc(C)[se]c1C. The zero-order valence-corrected chi connectivity index (χ0v) is 8.42. The van der Waals surface area contributed by atoms with Gasteiger partial charge in [-0.1, -0.05) is 0 Å². The first-order valence-electron chi connectivity index (χ1n) is 2.85. The van der Waals surface area contributed by atoms with Crippen molar-refractivity contribution in [2.45, 2.75) is 18.7 Å². The summed E-state index contributed by atoms with van der Waals surface area (Å²) in [5.74, 6) is 0. The van der Waals surface area contributed by atoms with E-state index in [4.69, 9.17) is 0 Å². The third-order valence-electron chi connectivity index (χ3n) is 1.22. The monoisotopic (exact) mass is 206 g/mol. The van der Waals surface area contributed by atoms with E-state index in [1.807, 2.05) is 11.8 Å². The molecule has 0 bridgehead atoms. The minimum atomic E-state index is 0.679. The van der Waals surface area contributed by atoms with Crippen LogP contribution < -0.4 is 0 Å². The molecule has 0 saturated carbocycles. The third kappa shape index (κ3) is 1.63. The van der Waals surface area contributed by atoms with Crippen LogP contribution in [-0.4, -0.2) is 20.8 Å². The van der Waals surface area contributed by atoms with Crippen molar-refractivity contribution < 1.29 is 0 Å². The molecule has 0 unspecified atom stereocenters. The van der Waals surface area contributed by atoms with Crippen molar-refractivity contribution in [2.24, 2.45) is 0 Å². The van der Waals surface area contributed by atoms with Crippen molar-refractivity contribution in [1.82, 2.24) is 0 Å². The van der Waals surface area contributed by atoms with Gasteiger partial charge in [0.1, 0.15) is 0 Å². The predicted octanol–water partition coefficient (Wildman–Crippen LogP) is 2.08. The fourth-order valence-corrected chi connectivity index (χ4v) is 4.02. The minimum absolute atomic E-state index is 0.679. The maximum absolute atomic E-state index is 2.31. The fourth-order valence-electron chi connectivity index (χ4n) is 0.810. The molecule has 0 N–H and O–H groups in total. The molecule has 2 heteroatoms. The first-order chi connectivity index (χ1) is 4.24. The molecule has 0 aliphatic heterocycles. The number of rotatable bonds is 1. The van der Waals surface area contributed by atoms with Gasteiger partial charge in [-0.25, -0.2) is 0 Å². The van der Waals surface area contributed by atoms with Gasteiger partial charge in [0.25, 0.3) is 0 Å². The van der Waals surface area contributed by atoms with E-state index < -0.39 is 0 Å². The average Bonchev–Trinajstić information content (AvgIpc) is 2.10. The summed E-state index contributed by atoms with van der Waals surface area (Å²) in [6.07, 6.45) is 2.14. The second kappa shape index (κ2) is 2.96. The van der Waals surface area contributed by atoms with Gasteiger partial charge in [-0.3, -0.25) is 0 Å². The van der Waals surface area contributed by atoms with Crippen LogP contribution in [0.1, 0.15) is 8.87 Å². The summed E-state index contributed by atoms with van der Waals surface area (Å²) in [7, 11) is 0. The molecule has 1 rings (SSSR count). The molecule has 0 aromatic carbocycles. The Morgan fingerprint density at radius 1 is 1.44 bits per heavy atom. The number of thioether (sulfide) groups is 1. The Balaban J connectivity index is 3.01. The molecule has 0 aliphatic rings. The van der Waals surface area contributed by atoms with E-state index in [1.54, 1.807) is 8.87 Å². The van der Waals surface area contributed by atoms with E-state index >= 15 is 0 Å². The van der Waals surface area contributed by atoms with Gasteiger partial charge in [-0.2, -0.15) is 0 Å². The van der Waals surface area contributed by atoms with Crippen molar-refractivity contribution >= 4 is 26.3 Å². The Kier molecular flexibility index (Phi) is 2.45. The molecule has 0 spiro atoms. The van der Waals surface area contributed by atoms with E-state index in [1.165, 1.54) is 4.90 Å². The quantitative estimate of drug-likeness (QED) is 0.499. The second-order valence-corrected chi connectivity index (χ2v) is 5.89. The van der Waals surface area contributed by atoms with Crippen LogP contribution in [0.15, 0.2) is 11.0 Å². The summed E-state index contributed by atoms with van der Waals surface area (Å²) in [6, 6.07) is 2.31. The Hall–Kier alpha value is 0.349. The molecule has 0 nitrogen and oxygen atoms in total. The van der Waals surface area contributed by atoms with Gasteiger partial charge in [0, 0.05) is 0 Å². The van der Waals surface area contributed by atoms with E-state index in [0.29, 0.717) is 14.5 Å². The van der Waals surface area contributed by atoms with Crippen LogP contribution in [0.2, 0.25) is 0 Å². The van der Waals surface area contributed by atoms with Crippen LogP contribution in [0.4, 0.5) is 0 Å². The Bertz CT molecular complexity index is 203. The second-order valence-electron chi connectivity index (χ2n) is 1.98. The Labute approximate surface area is 66.4 Å². The summed E-state index contributed by atoms with van der Waals surface area (Å²) in [4.78, 5) is 1.49. The molecule has 0 fully saturated rings. The van der Waals surface area contributed by atoms with Crippen molar-refractivity contribution in [3.63, 3.8) is 0 Å². The zero-order chi connectivity index (χ0) is 6.85. The predicted molar refractivity (Wildman–Crippen MR) is 44.6 cm³/mol. The van der Waals surface area contributed by atoms with E-state index in [-0.39, 0.29) is 0 Å². The van der Waals surface area contributed by atoms with Gasteiger partial charge in [0.05, 0.1) is 0 Å². The van der Waals surface area contributed by atoms with Crippen LogP contribution in [0, 0.1) is 13.8 Å². The maximum atomic E-state index is 2.31.